The lowest BCUT2D eigenvalue weighted by Gasteiger charge is -2.36. The molecule has 31 heavy (non-hydrogen) atoms. The van der Waals surface area contributed by atoms with E-state index >= 15 is 0 Å². The maximum Gasteiger partial charge on any atom is 0.270 e. The Morgan fingerprint density at radius 2 is 1.77 bits per heavy atom. The molecule has 1 aliphatic rings. The van der Waals surface area contributed by atoms with Crippen LogP contribution in [-0.4, -0.2) is 48.8 Å². The molecule has 8 nitrogen and oxygen atoms in total. The maximum absolute atomic E-state index is 14.2. The highest BCUT2D eigenvalue weighted by Crippen LogP contribution is 2.31. The molecule has 4 rings (SSSR count). The standard InChI is InChI=1S/C20H18F2N4O4S/c1-13-11-18(16-5-6-17(21)19(22)20(16)23-13)24-7-9-25(10-8-24)31(29,30)15-4-2-3-14(12-15)26(27)28/h2-6,11-12H,7-10H2,1H3. The number of nitrogens with zero attached hydrogens (tertiary/aromatic N) is 4. The summed E-state index contributed by atoms with van der Waals surface area (Å²) in [5.41, 5.74) is 0.793. The van der Waals surface area contributed by atoms with E-state index in [1.54, 1.807) is 13.0 Å². The second-order valence-corrected chi connectivity index (χ2v) is 9.12. The zero-order valence-electron chi connectivity index (χ0n) is 16.5. The van der Waals surface area contributed by atoms with E-state index in [-0.39, 0.29) is 29.2 Å². The molecular formula is C20H18F2N4O4S. The van der Waals surface area contributed by atoms with E-state index in [1.165, 1.54) is 28.6 Å². The number of halogens is 2. The van der Waals surface area contributed by atoms with Crippen molar-refractivity contribution in [1.29, 1.82) is 0 Å². The van der Waals surface area contributed by atoms with E-state index in [9.17, 15) is 27.3 Å². The van der Waals surface area contributed by atoms with Crippen molar-refractivity contribution < 1.29 is 22.1 Å². The van der Waals surface area contributed by atoms with Crippen molar-refractivity contribution in [3.63, 3.8) is 0 Å². The third-order valence-electron chi connectivity index (χ3n) is 5.22. The zero-order valence-corrected chi connectivity index (χ0v) is 17.3. The van der Waals surface area contributed by atoms with Crippen molar-refractivity contribution in [2.24, 2.45) is 0 Å². The number of nitro groups is 1. The molecule has 1 saturated heterocycles. The number of fused-ring (bicyclic) bond motifs is 1. The van der Waals surface area contributed by atoms with E-state index in [0.29, 0.717) is 29.9 Å². The fourth-order valence-corrected chi connectivity index (χ4v) is 5.14. The lowest BCUT2D eigenvalue weighted by molar-refractivity contribution is -0.385. The second kappa shape index (κ2) is 7.82. The predicted octanol–water partition coefficient (Wildman–Crippen LogP) is 3.24. The lowest BCUT2D eigenvalue weighted by atomic mass is 10.1. The number of piperazine rings is 1. The van der Waals surface area contributed by atoms with E-state index in [1.807, 2.05) is 4.90 Å². The van der Waals surface area contributed by atoms with Gasteiger partial charge in [-0.1, -0.05) is 6.07 Å². The summed E-state index contributed by atoms with van der Waals surface area (Å²) in [7, 11) is -3.91. The van der Waals surface area contributed by atoms with Crippen LogP contribution in [0.5, 0.6) is 0 Å². The quantitative estimate of drug-likeness (QED) is 0.449. The van der Waals surface area contributed by atoms with Crippen LogP contribution in [0.3, 0.4) is 0 Å². The molecule has 0 aliphatic carbocycles. The smallest absolute Gasteiger partial charge is 0.270 e. The fraction of sp³-hybridized carbons (Fsp3) is 0.250. The molecule has 0 radical (unpaired) electrons. The van der Waals surface area contributed by atoms with Crippen LogP contribution in [0.25, 0.3) is 10.9 Å². The maximum atomic E-state index is 14.2. The first-order valence-corrected chi connectivity index (χ1v) is 10.9. The number of non-ortho nitro benzene ring substituents is 1. The van der Waals surface area contributed by atoms with Gasteiger partial charge in [-0.3, -0.25) is 10.1 Å². The van der Waals surface area contributed by atoms with Gasteiger partial charge in [0.05, 0.1) is 9.82 Å². The van der Waals surface area contributed by atoms with Gasteiger partial charge in [0.1, 0.15) is 5.52 Å². The van der Waals surface area contributed by atoms with Crippen molar-refractivity contribution in [3.05, 3.63) is 69.9 Å². The van der Waals surface area contributed by atoms with Crippen molar-refractivity contribution in [2.45, 2.75) is 11.8 Å². The van der Waals surface area contributed by atoms with Crippen LogP contribution >= 0.6 is 0 Å². The van der Waals surface area contributed by atoms with Gasteiger partial charge in [-0.15, -0.1) is 0 Å². The van der Waals surface area contributed by atoms with Crippen molar-refractivity contribution in [1.82, 2.24) is 9.29 Å². The molecule has 1 aliphatic heterocycles. The number of benzene rings is 2. The van der Waals surface area contributed by atoms with Crippen molar-refractivity contribution in [2.75, 3.05) is 31.1 Å². The monoisotopic (exact) mass is 448 g/mol. The minimum atomic E-state index is -3.91. The van der Waals surface area contributed by atoms with Crippen LogP contribution in [0.15, 0.2) is 47.4 Å². The first kappa shape index (κ1) is 21.1. The summed E-state index contributed by atoms with van der Waals surface area (Å²) in [6, 6.07) is 9.19. The topological polar surface area (TPSA) is 96.7 Å². The number of pyridine rings is 1. The SMILES string of the molecule is Cc1cc(N2CCN(S(=O)(=O)c3cccc([N+](=O)[O-])c3)CC2)c2ccc(F)c(F)c2n1. The van der Waals surface area contributed by atoms with Crippen LogP contribution in [0.1, 0.15) is 5.69 Å². The van der Waals surface area contributed by atoms with Crippen LogP contribution < -0.4 is 4.90 Å². The van der Waals surface area contributed by atoms with Crippen LogP contribution in [-0.2, 0) is 10.0 Å². The normalized spacial score (nSPS) is 15.4. The number of rotatable bonds is 4. The minimum Gasteiger partial charge on any atom is -0.368 e. The average molecular weight is 448 g/mol. The fourth-order valence-electron chi connectivity index (χ4n) is 3.68. The highest BCUT2D eigenvalue weighted by atomic mass is 32.2. The molecule has 2 aromatic carbocycles. The summed E-state index contributed by atoms with van der Waals surface area (Å²) in [6.07, 6.45) is 0. The Bertz CT molecular complexity index is 1290. The van der Waals surface area contributed by atoms with Crippen molar-refractivity contribution in [3.8, 4) is 0 Å². The Morgan fingerprint density at radius 1 is 1.06 bits per heavy atom. The first-order valence-electron chi connectivity index (χ1n) is 9.43. The third-order valence-corrected chi connectivity index (χ3v) is 7.12. The van der Waals surface area contributed by atoms with Crippen LogP contribution in [0.2, 0.25) is 0 Å². The number of hydrogen-bond donors (Lipinski definition) is 0. The molecule has 0 bridgehead atoms. The Balaban J connectivity index is 1.60. The molecule has 3 aromatic rings. The molecule has 0 atom stereocenters. The summed E-state index contributed by atoms with van der Waals surface area (Å²) in [5.74, 6) is -2.00. The number of anilines is 1. The molecule has 2 heterocycles. The Labute approximate surface area is 176 Å². The van der Waals surface area contributed by atoms with Gasteiger partial charge in [-0.25, -0.2) is 22.2 Å². The Kier molecular flexibility index (Phi) is 5.31. The summed E-state index contributed by atoms with van der Waals surface area (Å²) in [5, 5.41) is 11.4. The average Bonchev–Trinajstić information content (AvgIpc) is 2.76. The molecule has 0 unspecified atom stereocenters. The largest absolute Gasteiger partial charge is 0.368 e. The number of hydrogen-bond acceptors (Lipinski definition) is 6. The van der Waals surface area contributed by atoms with E-state index in [2.05, 4.69) is 4.98 Å². The van der Waals surface area contributed by atoms with Gasteiger partial charge in [0, 0.05) is 55.1 Å². The highest BCUT2D eigenvalue weighted by molar-refractivity contribution is 7.89. The summed E-state index contributed by atoms with van der Waals surface area (Å²) in [6.45, 7) is 2.57. The molecule has 0 N–H and O–H groups in total. The number of aryl methyl sites for hydroxylation is 1. The molecule has 11 heteroatoms. The molecular weight excluding hydrogens is 430 g/mol. The van der Waals surface area contributed by atoms with Gasteiger partial charge in [0.25, 0.3) is 5.69 Å². The van der Waals surface area contributed by atoms with Gasteiger partial charge in [-0.2, -0.15) is 4.31 Å². The highest BCUT2D eigenvalue weighted by Gasteiger charge is 2.30. The van der Waals surface area contributed by atoms with Gasteiger partial charge >= 0.3 is 0 Å². The molecule has 1 fully saturated rings. The molecule has 0 saturated carbocycles. The predicted molar refractivity (Wildman–Crippen MR) is 110 cm³/mol. The minimum absolute atomic E-state index is 0.0679. The first-order chi connectivity index (χ1) is 14.7. The number of aromatic nitrogens is 1. The number of nitro benzene ring substituents is 1. The molecule has 0 spiro atoms. The molecule has 1 aromatic heterocycles. The Hall–Kier alpha value is -3.18. The molecule has 0 amide bonds. The summed E-state index contributed by atoms with van der Waals surface area (Å²) in [4.78, 5) is 16.2. The van der Waals surface area contributed by atoms with Gasteiger partial charge < -0.3 is 4.90 Å². The van der Waals surface area contributed by atoms with E-state index < -0.39 is 26.6 Å². The third kappa shape index (κ3) is 3.81. The van der Waals surface area contributed by atoms with E-state index in [0.717, 1.165) is 12.1 Å². The van der Waals surface area contributed by atoms with Crippen LogP contribution in [0.4, 0.5) is 20.2 Å². The van der Waals surface area contributed by atoms with Gasteiger partial charge in [-0.05, 0) is 31.2 Å². The second-order valence-electron chi connectivity index (χ2n) is 7.19. The van der Waals surface area contributed by atoms with Crippen molar-refractivity contribution >= 4 is 32.3 Å². The molecule has 162 valence electrons. The van der Waals surface area contributed by atoms with Crippen LogP contribution in [0, 0.1) is 28.7 Å². The number of sulfonamides is 1. The zero-order chi connectivity index (χ0) is 22.3. The Morgan fingerprint density at radius 3 is 2.45 bits per heavy atom. The van der Waals surface area contributed by atoms with Gasteiger partial charge in [0.2, 0.25) is 10.0 Å². The van der Waals surface area contributed by atoms with E-state index in [4.69, 9.17) is 0 Å². The lowest BCUT2D eigenvalue weighted by Crippen LogP contribution is -2.48. The van der Waals surface area contributed by atoms with Gasteiger partial charge in [0.15, 0.2) is 11.6 Å². The summed E-state index contributed by atoms with van der Waals surface area (Å²) < 4.78 is 55.0. The summed E-state index contributed by atoms with van der Waals surface area (Å²) >= 11 is 0.